The van der Waals surface area contributed by atoms with Gasteiger partial charge in [-0.25, -0.2) is 5.01 Å². The summed E-state index contributed by atoms with van der Waals surface area (Å²) in [6, 6.07) is 16.8. The Morgan fingerprint density at radius 1 is 1.13 bits per heavy atom. The van der Waals surface area contributed by atoms with Crippen LogP contribution >= 0.6 is 23.2 Å². The molecule has 0 N–H and O–H groups in total. The number of benzene rings is 2. The lowest BCUT2D eigenvalue weighted by atomic mass is 9.98. The SMILES string of the molecule is COc1ccc([C@@H]2CC(c3ccccc3)=NN2C(=O)COC(=O)[C@@]2(C)CC2(Cl)Cl)cc1. The van der Waals surface area contributed by atoms with Crippen LogP contribution in [0.2, 0.25) is 0 Å². The number of halogens is 2. The third-order valence-electron chi connectivity index (χ3n) is 5.81. The van der Waals surface area contributed by atoms with E-state index in [9.17, 15) is 9.59 Å². The van der Waals surface area contributed by atoms with E-state index in [1.54, 1.807) is 14.0 Å². The molecule has 31 heavy (non-hydrogen) atoms. The van der Waals surface area contributed by atoms with Crippen LogP contribution in [0.4, 0.5) is 0 Å². The summed E-state index contributed by atoms with van der Waals surface area (Å²) in [7, 11) is 1.60. The molecule has 1 amide bonds. The highest BCUT2D eigenvalue weighted by Gasteiger charge is 2.69. The maximum Gasteiger partial charge on any atom is 0.315 e. The van der Waals surface area contributed by atoms with Crippen molar-refractivity contribution in [2.75, 3.05) is 13.7 Å². The Balaban J connectivity index is 1.53. The average Bonchev–Trinajstić information content (AvgIpc) is 3.12. The van der Waals surface area contributed by atoms with E-state index in [1.807, 2.05) is 54.6 Å². The summed E-state index contributed by atoms with van der Waals surface area (Å²) in [5.41, 5.74) is 1.64. The number of rotatable bonds is 6. The minimum absolute atomic E-state index is 0.296. The van der Waals surface area contributed by atoms with Crippen molar-refractivity contribution in [1.29, 1.82) is 0 Å². The molecule has 1 heterocycles. The topological polar surface area (TPSA) is 68.2 Å². The number of nitrogens with zero attached hydrogens (tertiary/aromatic N) is 2. The summed E-state index contributed by atoms with van der Waals surface area (Å²) in [4.78, 5) is 25.4. The third-order valence-corrected chi connectivity index (χ3v) is 6.91. The fourth-order valence-corrected chi connectivity index (χ4v) is 4.29. The van der Waals surface area contributed by atoms with Gasteiger partial charge in [-0.3, -0.25) is 9.59 Å². The van der Waals surface area contributed by atoms with Gasteiger partial charge in [0.1, 0.15) is 15.5 Å². The Labute approximate surface area is 190 Å². The molecule has 0 bridgehead atoms. The predicted octanol–water partition coefficient (Wildman–Crippen LogP) is 4.50. The molecule has 1 aliphatic carbocycles. The van der Waals surface area contributed by atoms with E-state index in [0.717, 1.165) is 22.6 Å². The molecular weight excluding hydrogens is 439 g/mol. The summed E-state index contributed by atoms with van der Waals surface area (Å²) < 4.78 is 9.33. The molecule has 1 saturated carbocycles. The van der Waals surface area contributed by atoms with Crippen LogP contribution < -0.4 is 4.74 Å². The molecule has 0 aromatic heterocycles. The number of ether oxygens (including phenoxy) is 2. The molecule has 0 radical (unpaired) electrons. The number of esters is 1. The van der Waals surface area contributed by atoms with Crippen LogP contribution in [-0.2, 0) is 14.3 Å². The van der Waals surface area contributed by atoms with Crippen molar-refractivity contribution in [1.82, 2.24) is 5.01 Å². The van der Waals surface area contributed by atoms with Crippen LogP contribution in [0.5, 0.6) is 5.75 Å². The van der Waals surface area contributed by atoms with Gasteiger partial charge < -0.3 is 9.47 Å². The van der Waals surface area contributed by atoms with Crippen LogP contribution in [0.1, 0.15) is 36.9 Å². The van der Waals surface area contributed by atoms with Crippen LogP contribution in [0.25, 0.3) is 0 Å². The Kier molecular flexibility index (Phi) is 5.71. The van der Waals surface area contributed by atoms with E-state index < -0.39 is 28.2 Å². The third kappa shape index (κ3) is 4.14. The summed E-state index contributed by atoms with van der Waals surface area (Å²) >= 11 is 12.1. The molecule has 4 rings (SSSR count). The minimum atomic E-state index is -1.15. The lowest BCUT2D eigenvalue weighted by molar-refractivity contribution is -0.157. The second-order valence-corrected chi connectivity index (χ2v) is 9.42. The number of hydrogen-bond acceptors (Lipinski definition) is 5. The van der Waals surface area contributed by atoms with Gasteiger partial charge in [0.25, 0.3) is 5.91 Å². The fourth-order valence-electron chi connectivity index (χ4n) is 3.61. The monoisotopic (exact) mass is 460 g/mol. The van der Waals surface area contributed by atoms with Crippen LogP contribution in [0.3, 0.4) is 0 Å². The fraction of sp³-hybridized carbons (Fsp3) is 0.348. The standard InChI is InChI=1S/C23H22Cl2N2O4/c1-22(14-23(22,24)25)21(29)31-13-20(28)27-19(16-8-10-17(30-2)11-9-16)12-18(26-27)15-6-4-3-5-7-15/h3-11,19H,12-14H2,1-2H3/t19-,22+/m0/s1. The molecule has 0 spiro atoms. The van der Waals surface area contributed by atoms with Crippen LogP contribution in [0.15, 0.2) is 59.7 Å². The van der Waals surface area contributed by atoms with Gasteiger partial charge in [-0.05, 0) is 30.2 Å². The molecule has 2 aromatic carbocycles. The van der Waals surface area contributed by atoms with Gasteiger partial charge in [-0.15, -0.1) is 23.2 Å². The van der Waals surface area contributed by atoms with Crippen molar-refractivity contribution in [3.05, 3.63) is 65.7 Å². The second kappa shape index (κ2) is 8.17. The maximum atomic E-state index is 13.0. The van der Waals surface area contributed by atoms with E-state index in [0.29, 0.717) is 12.8 Å². The van der Waals surface area contributed by atoms with Gasteiger partial charge >= 0.3 is 5.97 Å². The highest BCUT2D eigenvalue weighted by atomic mass is 35.5. The Morgan fingerprint density at radius 2 is 1.77 bits per heavy atom. The molecule has 162 valence electrons. The quantitative estimate of drug-likeness (QED) is 0.469. The first-order valence-corrected chi connectivity index (χ1v) is 10.6. The van der Waals surface area contributed by atoms with E-state index >= 15 is 0 Å². The number of methoxy groups -OCH3 is 1. The van der Waals surface area contributed by atoms with Crippen molar-refractivity contribution in [2.24, 2.45) is 10.5 Å². The van der Waals surface area contributed by atoms with Gasteiger partial charge in [0.05, 0.1) is 18.9 Å². The summed E-state index contributed by atoms with van der Waals surface area (Å²) in [6.07, 6.45) is 0.838. The summed E-state index contributed by atoms with van der Waals surface area (Å²) in [5.74, 6) is -0.279. The normalized spacial score (nSPS) is 23.8. The zero-order valence-corrected chi connectivity index (χ0v) is 18.7. The molecule has 1 fully saturated rings. The first-order chi connectivity index (χ1) is 14.7. The highest BCUT2D eigenvalue weighted by molar-refractivity contribution is 6.53. The lowest BCUT2D eigenvalue weighted by Gasteiger charge is -2.22. The van der Waals surface area contributed by atoms with Crippen molar-refractivity contribution < 1.29 is 19.1 Å². The van der Waals surface area contributed by atoms with E-state index in [4.69, 9.17) is 32.7 Å². The molecule has 1 aliphatic heterocycles. The molecule has 2 atom stereocenters. The zero-order chi connectivity index (χ0) is 22.2. The van der Waals surface area contributed by atoms with Gasteiger partial charge in [-0.2, -0.15) is 5.10 Å². The Hall–Kier alpha value is -2.57. The van der Waals surface area contributed by atoms with Gasteiger partial charge in [0.2, 0.25) is 0 Å². The van der Waals surface area contributed by atoms with Crippen LogP contribution in [-0.4, -0.2) is 40.6 Å². The predicted molar refractivity (Wildman–Crippen MR) is 118 cm³/mol. The maximum absolute atomic E-state index is 13.0. The Morgan fingerprint density at radius 3 is 2.35 bits per heavy atom. The van der Waals surface area contributed by atoms with Crippen molar-refractivity contribution in [3.8, 4) is 5.75 Å². The van der Waals surface area contributed by atoms with Gasteiger partial charge in [0.15, 0.2) is 6.61 Å². The number of alkyl halides is 2. The molecule has 2 aliphatic rings. The molecule has 2 aromatic rings. The van der Waals surface area contributed by atoms with Crippen LogP contribution in [0, 0.1) is 5.41 Å². The Bertz CT molecular complexity index is 1020. The largest absolute Gasteiger partial charge is 0.497 e. The van der Waals surface area contributed by atoms with E-state index in [2.05, 4.69) is 5.10 Å². The summed E-state index contributed by atoms with van der Waals surface area (Å²) in [6.45, 7) is 1.19. The smallest absolute Gasteiger partial charge is 0.315 e. The van der Waals surface area contributed by atoms with E-state index in [-0.39, 0.29) is 6.04 Å². The van der Waals surface area contributed by atoms with E-state index in [1.165, 1.54) is 5.01 Å². The number of carbonyl (C=O) groups excluding carboxylic acids is 2. The average molecular weight is 461 g/mol. The number of hydrogen-bond donors (Lipinski definition) is 0. The number of carbonyl (C=O) groups is 2. The molecule has 6 nitrogen and oxygen atoms in total. The zero-order valence-electron chi connectivity index (χ0n) is 17.2. The minimum Gasteiger partial charge on any atom is -0.497 e. The molecular formula is C23H22Cl2N2O4. The van der Waals surface area contributed by atoms with Crippen molar-refractivity contribution in [3.63, 3.8) is 0 Å². The first-order valence-electron chi connectivity index (χ1n) is 9.89. The number of hydrazone groups is 1. The van der Waals surface area contributed by atoms with Crippen molar-refractivity contribution in [2.45, 2.75) is 30.1 Å². The molecule has 0 saturated heterocycles. The number of amides is 1. The highest BCUT2D eigenvalue weighted by Crippen LogP contribution is 2.64. The van der Waals surface area contributed by atoms with Crippen molar-refractivity contribution >= 4 is 40.8 Å². The molecule has 8 heteroatoms. The summed E-state index contributed by atoms with van der Waals surface area (Å²) in [5, 5.41) is 5.96. The first kappa shape index (κ1) is 21.7. The second-order valence-electron chi connectivity index (χ2n) is 7.93. The van der Waals surface area contributed by atoms with Gasteiger partial charge in [0, 0.05) is 12.8 Å². The molecule has 0 unspecified atom stereocenters. The lowest BCUT2D eigenvalue weighted by Crippen LogP contribution is -2.33. The van der Waals surface area contributed by atoms with Gasteiger partial charge in [-0.1, -0.05) is 42.5 Å².